The first-order valence-corrected chi connectivity index (χ1v) is 7.28. The van der Waals surface area contributed by atoms with Gasteiger partial charge in [0.15, 0.2) is 5.69 Å². The quantitative estimate of drug-likeness (QED) is 0.887. The number of carbonyl (C=O) groups is 1. The molecule has 100 valence electrons. The highest BCUT2D eigenvalue weighted by Crippen LogP contribution is 2.23. The summed E-state index contributed by atoms with van der Waals surface area (Å²) in [6, 6.07) is 7.00. The van der Waals surface area contributed by atoms with Crippen molar-refractivity contribution >= 4 is 15.8 Å². The van der Waals surface area contributed by atoms with E-state index in [1.165, 1.54) is 0 Å². The second-order valence-electron chi connectivity index (χ2n) is 4.21. The molecule has 1 aromatic carbocycles. The van der Waals surface area contributed by atoms with Crippen molar-refractivity contribution < 1.29 is 18.3 Å². The van der Waals surface area contributed by atoms with Gasteiger partial charge in [-0.2, -0.15) is 0 Å². The van der Waals surface area contributed by atoms with Gasteiger partial charge in [0, 0.05) is 11.8 Å². The third-order valence-electron chi connectivity index (χ3n) is 2.57. The van der Waals surface area contributed by atoms with E-state index in [2.05, 4.69) is 9.97 Å². The van der Waals surface area contributed by atoms with Crippen LogP contribution in [0.25, 0.3) is 11.3 Å². The highest BCUT2D eigenvalue weighted by Gasteiger charge is 2.22. The third kappa shape index (κ3) is 2.65. The zero-order valence-corrected chi connectivity index (χ0v) is 11.2. The molecule has 7 heteroatoms. The van der Waals surface area contributed by atoms with E-state index in [9.17, 15) is 13.2 Å². The Labute approximate surface area is 110 Å². The molecule has 0 bridgehead atoms. The number of rotatable bonds is 3. The summed E-state index contributed by atoms with van der Waals surface area (Å²) < 4.78 is 22.8. The SMILES string of the molecule is Cc1ccc(-c2nc(S(C)(=O)=O)[nH]c2C(=O)O)cc1. The van der Waals surface area contributed by atoms with Crippen LogP contribution in [0, 0.1) is 6.92 Å². The van der Waals surface area contributed by atoms with E-state index >= 15 is 0 Å². The second kappa shape index (κ2) is 4.51. The first-order chi connectivity index (χ1) is 8.79. The standard InChI is InChI=1S/C12H12N2O4S/c1-7-3-5-8(6-4-7)9-10(11(15)16)14-12(13-9)19(2,17)18/h3-6H,1-2H3,(H,13,14)(H,15,16). The second-order valence-corrected chi connectivity index (χ2v) is 6.14. The summed E-state index contributed by atoms with van der Waals surface area (Å²) in [7, 11) is -3.58. The number of carboxylic acid groups (broad SMARTS) is 1. The molecule has 0 aliphatic heterocycles. The van der Waals surface area contributed by atoms with Gasteiger partial charge < -0.3 is 10.1 Å². The molecule has 0 amide bonds. The summed E-state index contributed by atoms with van der Waals surface area (Å²) >= 11 is 0. The summed E-state index contributed by atoms with van der Waals surface area (Å²) in [5.41, 5.74) is 1.45. The van der Waals surface area contributed by atoms with E-state index in [-0.39, 0.29) is 16.5 Å². The molecule has 2 N–H and O–H groups in total. The van der Waals surface area contributed by atoms with Crippen molar-refractivity contribution in [1.29, 1.82) is 0 Å². The van der Waals surface area contributed by atoms with Gasteiger partial charge in [0.05, 0.1) is 0 Å². The zero-order valence-electron chi connectivity index (χ0n) is 10.3. The van der Waals surface area contributed by atoms with Crippen LogP contribution in [0.5, 0.6) is 0 Å². The lowest BCUT2D eigenvalue weighted by Crippen LogP contribution is -2.01. The van der Waals surface area contributed by atoms with Crippen molar-refractivity contribution in [1.82, 2.24) is 9.97 Å². The Kier molecular flexibility index (Phi) is 3.15. The maximum Gasteiger partial charge on any atom is 0.354 e. The molecule has 6 nitrogen and oxygen atoms in total. The highest BCUT2D eigenvalue weighted by molar-refractivity contribution is 7.90. The Hall–Kier alpha value is -2.15. The molecular weight excluding hydrogens is 268 g/mol. The third-order valence-corrected chi connectivity index (χ3v) is 3.47. The lowest BCUT2D eigenvalue weighted by atomic mass is 10.1. The Bertz CT molecular complexity index is 730. The van der Waals surface area contributed by atoms with Crippen LogP contribution in [-0.4, -0.2) is 35.7 Å². The number of sulfone groups is 1. The number of aryl methyl sites for hydroxylation is 1. The van der Waals surface area contributed by atoms with Gasteiger partial charge in [-0.15, -0.1) is 0 Å². The van der Waals surface area contributed by atoms with E-state index in [4.69, 9.17) is 5.11 Å². The number of aromatic nitrogens is 2. The van der Waals surface area contributed by atoms with Crippen molar-refractivity contribution in [3.63, 3.8) is 0 Å². The summed E-state index contributed by atoms with van der Waals surface area (Å²) in [6.45, 7) is 1.90. The number of H-pyrrole nitrogens is 1. The smallest absolute Gasteiger partial charge is 0.354 e. The number of nitrogens with one attached hydrogen (secondary N) is 1. The van der Waals surface area contributed by atoms with Gasteiger partial charge in [-0.25, -0.2) is 18.2 Å². The summed E-state index contributed by atoms with van der Waals surface area (Å²) in [6.07, 6.45) is 0.969. The molecule has 0 aliphatic carbocycles. The van der Waals surface area contributed by atoms with E-state index < -0.39 is 15.8 Å². The van der Waals surface area contributed by atoms with Gasteiger partial charge in [0.25, 0.3) is 0 Å². The van der Waals surface area contributed by atoms with Crippen LogP contribution >= 0.6 is 0 Å². The average Bonchev–Trinajstić information content (AvgIpc) is 2.74. The van der Waals surface area contributed by atoms with Crippen molar-refractivity contribution in [3.05, 3.63) is 35.5 Å². The largest absolute Gasteiger partial charge is 0.477 e. The normalized spacial score (nSPS) is 11.5. The predicted octanol–water partition coefficient (Wildman–Crippen LogP) is 1.49. The minimum absolute atomic E-state index is 0.118. The molecule has 2 rings (SSSR count). The molecule has 0 saturated carbocycles. The number of hydrogen-bond donors (Lipinski definition) is 2. The molecule has 0 radical (unpaired) electrons. The fourth-order valence-corrected chi connectivity index (χ4v) is 2.15. The zero-order chi connectivity index (χ0) is 14.2. The number of imidazole rings is 1. The van der Waals surface area contributed by atoms with E-state index in [0.717, 1.165) is 11.8 Å². The molecule has 0 unspecified atom stereocenters. The first kappa shape index (κ1) is 13.3. The van der Waals surface area contributed by atoms with Crippen LogP contribution in [-0.2, 0) is 9.84 Å². The molecule has 0 aliphatic rings. The van der Waals surface area contributed by atoms with Gasteiger partial charge in [-0.05, 0) is 6.92 Å². The average molecular weight is 280 g/mol. The topological polar surface area (TPSA) is 100 Å². The van der Waals surface area contributed by atoms with Gasteiger partial charge >= 0.3 is 5.97 Å². The van der Waals surface area contributed by atoms with Crippen molar-refractivity contribution in [2.45, 2.75) is 12.1 Å². The minimum Gasteiger partial charge on any atom is -0.477 e. The van der Waals surface area contributed by atoms with Crippen LogP contribution < -0.4 is 0 Å². The van der Waals surface area contributed by atoms with Gasteiger partial charge in [-0.3, -0.25) is 0 Å². The molecule has 0 spiro atoms. The fourth-order valence-electron chi connectivity index (χ4n) is 1.60. The Morgan fingerprint density at radius 3 is 2.32 bits per heavy atom. The highest BCUT2D eigenvalue weighted by atomic mass is 32.2. The lowest BCUT2D eigenvalue weighted by molar-refractivity contribution is 0.0691. The maximum absolute atomic E-state index is 11.4. The molecule has 0 atom stereocenters. The minimum atomic E-state index is -3.58. The number of nitrogens with zero attached hydrogens (tertiary/aromatic N) is 1. The monoisotopic (exact) mass is 280 g/mol. The van der Waals surface area contributed by atoms with E-state index in [1.807, 2.05) is 6.92 Å². The van der Waals surface area contributed by atoms with Gasteiger partial charge in [-0.1, -0.05) is 29.8 Å². The van der Waals surface area contributed by atoms with Crippen LogP contribution in [0.1, 0.15) is 16.1 Å². The van der Waals surface area contributed by atoms with E-state index in [1.54, 1.807) is 24.3 Å². The Morgan fingerprint density at radius 1 is 1.26 bits per heavy atom. The molecular formula is C12H12N2O4S. The van der Waals surface area contributed by atoms with Gasteiger partial charge in [0.1, 0.15) is 5.69 Å². The fraction of sp³-hybridized carbons (Fsp3) is 0.167. The number of benzene rings is 1. The Balaban J connectivity index is 2.65. The number of aromatic carboxylic acids is 1. The summed E-state index contributed by atoms with van der Waals surface area (Å²) in [5, 5.41) is 8.75. The van der Waals surface area contributed by atoms with Crippen molar-refractivity contribution in [3.8, 4) is 11.3 Å². The van der Waals surface area contributed by atoms with Crippen molar-refractivity contribution in [2.75, 3.05) is 6.26 Å². The molecule has 1 aromatic heterocycles. The summed E-state index contributed by atoms with van der Waals surface area (Å²) in [5.74, 6) is -1.25. The first-order valence-electron chi connectivity index (χ1n) is 5.39. The lowest BCUT2D eigenvalue weighted by Gasteiger charge is -1.99. The molecule has 0 fully saturated rings. The van der Waals surface area contributed by atoms with Crippen molar-refractivity contribution in [2.24, 2.45) is 0 Å². The molecule has 1 heterocycles. The number of carboxylic acids is 1. The molecule has 19 heavy (non-hydrogen) atoms. The molecule has 2 aromatic rings. The Morgan fingerprint density at radius 2 is 1.84 bits per heavy atom. The van der Waals surface area contributed by atoms with Crippen LogP contribution in [0.4, 0.5) is 0 Å². The van der Waals surface area contributed by atoms with Crippen LogP contribution in [0.3, 0.4) is 0 Å². The number of hydrogen-bond acceptors (Lipinski definition) is 4. The number of aromatic amines is 1. The van der Waals surface area contributed by atoms with E-state index in [0.29, 0.717) is 5.56 Å². The van der Waals surface area contributed by atoms with Crippen LogP contribution in [0.15, 0.2) is 29.4 Å². The predicted molar refractivity (Wildman–Crippen MR) is 68.8 cm³/mol. The molecule has 0 saturated heterocycles. The van der Waals surface area contributed by atoms with Crippen LogP contribution in [0.2, 0.25) is 0 Å². The summed E-state index contributed by atoms with van der Waals surface area (Å²) in [4.78, 5) is 17.4. The van der Waals surface area contributed by atoms with Gasteiger partial charge in [0.2, 0.25) is 15.0 Å². The maximum atomic E-state index is 11.4.